The quantitative estimate of drug-likeness (QED) is 0.800. The van der Waals surface area contributed by atoms with E-state index in [1.807, 2.05) is 19.1 Å². The van der Waals surface area contributed by atoms with E-state index in [-0.39, 0.29) is 12.1 Å². The van der Waals surface area contributed by atoms with E-state index in [0.29, 0.717) is 11.6 Å². The van der Waals surface area contributed by atoms with Crippen LogP contribution < -0.4 is 10.6 Å². The van der Waals surface area contributed by atoms with E-state index >= 15 is 0 Å². The first kappa shape index (κ1) is 15.1. The van der Waals surface area contributed by atoms with Crippen LogP contribution in [0.5, 0.6) is 0 Å². The average Bonchev–Trinajstić information content (AvgIpc) is 2.85. The van der Waals surface area contributed by atoms with Gasteiger partial charge in [-0.3, -0.25) is 0 Å². The van der Waals surface area contributed by atoms with Gasteiger partial charge in [0.15, 0.2) is 0 Å². The van der Waals surface area contributed by atoms with Crippen LogP contribution in [0, 0.1) is 0 Å². The largest absolute Gasteiger partial charge is 0.388 e. The molecule has 1 fully saturated rings. The predicted octanol–water partition coefficient (Wildman–Crippen LogP) is 3.01. The van der Waals surface area contributed by atoms with Gasteiger partial charge in [-0.05, 0) is 37.5 Å². The summed E-state index contributed by atoms with van der Waals surface area (Å²) in [5.41, 5.74) is 0.269. The Morgan fingerprint density at radius 2 is 1.95 bits per heavy atom. The molecule has 1 atom stereocenters. The minimum Gasteiger partial charge on any atom is -0.388 e. The van der Waals surface area contributed by atoms with Crippen LogP contribution in [0.4, 0.5) is 4.79 Å². The standard InChI is InChI=1S/C15H21ClN2O2/c1-11(12-4-6-13(16)7-5-12)18-14(19)17-10-15(20)8-2-3-9-15/h4-7,11,20H,2-3,8-10H2,1H3,(H2,17,18,19). The van der Waals surface area contributed by atoms with Crippen LogP contribution in [0.1, 0.15) is 44.2 Å². The fraction of sp³-hybridized carbons (Fsp3) is 0.533. The summed E-state index contributed by atoms with van der Waals surface area (Å²) in [6.07, 6.45) is 3.59. The van der Waals surface area contributed by atoms with Crippen LogP contribution >= 0.6 is 11.6 Å². The van der Waals surface area contributed by atoms with E-state index in [0.717, 1.165) is 31.2 Å². The highest BCUT2D eigenvalue weighted by atomic mass is 35.5. The fourth-order valence-corrected chi connectivity index (χ4v) is 2.66. The Kier molecular flexibility index (Phi) is 4.89. The predicted molar refractivity (Wildman–Crippen MR) is 79.8 cm³/mol. The van der Waals surface area contributed by atoms with Gasteiger partial charge in [-0.2, -0.15) is 0 Å². The van der Waals surface area contributed by atoms with Crippen molar-refractivity contribution in [3.8, 4) is 0 Å². The van der Waals surface area contributed by atoms with E-state index in [9.17, 15) is 9.90 Å². The van der Waals surface area contributed by atoms with Gasteiger partial charge in [0.25, 0.3) is 0 Å². The molecule has 0 radical (unpaired) electrons. The minimum absolute atomic E-state index is 0.106. The lowest BCUT2D eigenvalue weighted by Gasteiger charge is -2.23. The molecule has 5 heteroatoms. The molecule has 1 saturated carbocycles. The van der Waals surface area contributed by atoms with Crippen molar-refractivity contribution in [1.82, 2.24) is 10.6 Å². The highest BCUT2D eigenvalue weighted by molar-refractivity contribution is 6.30. The third-order valence-corrected chi connectivity index (χ3v) is 4.08. The summed E-state index contributed by atoms with van der Waals surface area (Å²) >= 11 is 5.83. The van der Waals surface area contributed by atoms with Gasteiger partial charge in [0.1, 0.15) is 0 Å². The molecule has 0 spiro atoms. The second-order valence-corrected chi connectivity index (χ2v) is 5.97. The van der Waals surface area contributed by atoms with Crippen LogP contribution in [0.25, 0.3) is 0 Å². The van der Waals surface area contributed by atoms with Crippen molar-refractivity contribution in [3.63, 3.8) is 0 Å². The molecular weight excluding hydrogens is 276 g/mol. The number of aliphatic hydroxyl groups is 1. The number of amides is 2. The minimum atomic E-state index is -0.721. The molecule has 1 aliphatic carbocycles. The number of hydrogen-bond donors (Lipinski definition) is 3. The number of nitrogens with one attached hydrogen (secondary N) is 2. The maximum atomic E-state index is 11.8. The Bertz CT molecular complexity index is 455. The SMILES string of the molecule is CC(NC(=O)NCC1(O)CCCC1)c1ccc(Cl)cc1. The first-order valence-electron chi connectivity index (χ1n) is 7.01. The van der Waals surface area contributed by atoms with Gasteiger partial charge in [-0.25, -0.2) is 4.79 Å². The smallest absolute Gasteiger partial charge is 0.315 e. The second kappa shape index (κ2) is 6.46. The molecule has 0 aromatic heterocycles. The fourth-order valence-electron chi connectivity index (χ4n) is 2.54. The lowest BCUT2D eigenvalue weighted by atomic mass is 10.0. The van der Waals surface area contributed by atoms with E-state index in [2.05, 4.69) is 10.6 Å². The molecule has 2 amide bonds. The van der Waals surface area contributed by atoms with Crippen molar-refractivity contribution in [2.75, 3.05) is 6.54 Å². The first-order valence-corrected chi connectivity index (χ1v) is 7.38. The summed E-state index contributed by atoms with van der Waals surface area (Å²) in [5, 5.41) is 16.4. The number of rotatable bonds is 4. The zero-order valence-corrected chi connectivity index (χ0v) is 12.4. The Balaban J connectivity index is 1.80. The van der Waals surface area contributed by atoms with Crippen LogP contribution in [0.15, 0.2) is 24.3 Å². The molecule has 1 aromatic rings. The molecule has 0 bridgehead atoms. The van der Waals surface area contributed by atoms with Crippen LogP contribution in [-0.4, -0.2) is 23.3 Å². The van der Waals surface area contributed by atoms with Crippen molar-refractivity contribution < 1.29 is 9.90 Å². The van der Waals surface area contributed by atoms with E-state index < -0.39 is 5.60 Å². The van der Waals surface area contributed by atoms with E-state index in [4.69, 9.17) is 11.6 Å². The molecule has 1 aliphatic rings. The Morgan fingerprint density at radius 1 is 1.35 bits per heavy atom. The summed E-state index contributed by atoms with van der Waals surface area (Å²) in [6, 6.07) is 7.01. The van der Waals surface area contributed by atoms with Gasteiger partial charge in [0, 0.05) is 11.6 Å². The van der Waals surface area contributed by atoms with Crippen molar-refractivity contribution >= 4 is 17.6 Å². The van der Waals surface area contributed by atoms with E-state index in [1.54, 1.807) is 12.1 Å². The van der Waals surface area contributed by atoms with Gasteiger partial charge in [0.05, 0.1) is 11.6 Å². The molecule has 0 saturated heterocycles. The molecule has 0 aliphatic heterocycles. The van der Waals surface area contributed by atoms with Crippen LogP contribution in [0.2, 0.25) is 5.02 Å². The lowest BCUT2D eigenvalue weighted by molar-refractivity contribution is 0.0500. The lowest BCUT2D eigenvalue weighted by Crippen LogP contribution is -2.45. The zero-order valence-electron chi connectivity index (χ0n) is 11.7. The highest BCUT2D eigenvalue weighted by Gasteiger charge is 2.31. The van der Waals surface area contributed by atoms with Gasteiger partial charge in [-0.15, -0.1) is 0 Å². The molecule has 0 heterocycles. The molecule has 4 nitrogen and oxygen atoms in total. The highest BCUT2D eigenvalue weighted by Crippen LogP contribution is 2.28. The number of halogens is 1. The number of urea groups is 1. The van der Waals surface area contributed by atoms with Crippen molar-refractivity contribution in [2.24, 2.45) is 0 Å². The van der Waals surface area contributed by atoms with Crippen molar-refractivity contribution in [2.45, 2.75) is 44.2 Å². The molecule has 2 rings (SSSR count). The Labute approximate surface area is 124 Å². The maximum Gasteiger partial charge on any atom is 0.315 e. The van der Waals surface area contributed by atoms with E-state index in [1.165, 1.54) is 0 Å². The zero-order chi connectivity index (χ0) is 14.6. The summed E-state index contributed by atoms with van der Waals surface area (Å²) in [6.45, 7) is 2.22. The molecule has 110 valence electrons. The monoisotopic (exact) mass is 296 g/mol. The third-order valence-electron chi connectivity index (χ3n) is 3.83. The third kappa shape index (κ3) is 4.12. The summed E-state index contributed by atoms with van der Waals surface area (Å²) in [5.74, 6) is 0. The van der Waals surface area contributed by atoms with Gasteiger partial charge in [0.2, 0.25) is 0 Å². The maximum absolute atomic E-state index is 11.8. The van der Waals surface area contributed by atoms with Crippen LogP contribution in [0.3, 0.4) is 0 Å². The van der Waals surface area contributed by atoms with Gasteiger partial charge < -0.3 is 15.7 Å². The molecule has 1 aromatic carbocycles. The molecule has 20 heavy (non-hydrogen) atoms. The summed E-state index contributed by atoms with van der Waals surface area (Å²) < 4.78 is 0. The first-order chi connectivity index (χ1) is 9.48. The summed E-state index contributed by atoms with van der Waals surface area (Å²) in [4.78, 5) is 11.8. The second-order valence-electron chi connectivity index (χ2n) is 5.53. The molecule has 1 unspecified atom stereocenters. The number of carbonyl (C=O) groups is 1. The van der Waals surface area contributed by atoms with Crippen molar-refractivity contribution in [1.29, 1.82) is 0 Å². The Morgan fingerprint density at radius 3 is 2.55 bits per heavy atom. The topological polar surface area (TPSA) is 61.4 Å². The van der Waals surface area contributed by atoms with Crippen LogP contribution in [-0.2, 0) is 0 Å². The molecule has 3 N–H and O–H groups in total. The summed E-state index contributed by atoms with van der Waals surface area (Å²) in [7, 11) is 0. The number of hydrogen-bond acceptors (Lipinski definition) is 2. The number of carbonyl (C=O) groups excluding carboxylic acids is 1. The van der Waals surface area contributed by atoms with Gasteiger partial charge >= 0.3 is 6.03 Å². The average molecular weight is 297 g/mol. The normalized spacial score (nSPS) is 18.6. The Hall–Kier alpha value is -1.26. The number of benzene rings is 1. The van der Waals surface area contributed by atoms with Gasteiger partial charge in [-0.1, -0.05) is 36.6 Å². The molecular formula is C15H21ClN2O2. The van der Waals surface area contributed by atoms with Crippen molar-refractivity contribution in [3.05, 3.63) is 34.9 Å².